The predicted octanol–water partition coefficient (Wildman–Crippen LogP) is -0.546. The SMILES string of the molecule is CCOC(=O)CNC(=O)Nc1ccc(=O)[nH]n1. The average molecular weight is 240 g/mol. The molecule has 1 heterocycles. The summed E-state index contributed by atoms with van der Waals surface area (Å²) in [6.45, 7) is 1.69. The predicted molar refractivity (Wildman–Crippen MR) is 58.5 cm³/mol. The van der Waals surface area contributed by atoms with Gasteiger partial charge in [-0.1, -0.05) is 0 Å². The van der Waals surface area contributed by atoms with Gasteiger partial charge in [-0.3, -0.25) is 14.9 Å². The van der Waals surface area contributed by atoms with Crippen LogP contribution in [0.3, 0.4) is 0 Å². The van der Waals surface area contributed by atoms with Crippen LogP contribution in [0.5, 0.6) is 0 Å². The summed E-state index contributed by atoms with van der Waals surface area (Å²) >= 11 is 0. The number of aromatic amines is 1. The van der Waals surface area contributed by atoms with Gasteiger partial charge < -0.3 is 10.1 Å². The van der Waals surface area contributed by atoms with Crippen LogP contribution in [0, 0.1) is 0 Å². The van der Waals surface area contributed by atoms with Gasteiger partial charge in [-0.15, -0.1) is 0 Å². The number of carbonyl (C=O) groups excluding carboxylic acids is 2. The van der Waals surface area contributed by atoms with Crippen LogP contribution in [-0.4, -0.2) is 35.3 Å². The lowest BCUT2D eigenvalue weighted by Crippen LogP contribution is -2.34. The number of esters is 1. The summed E-state index contributed by atoms with van der Waals surface area (Å²) in [6.07, 6.45) is 0. The molecular weight excluding hydrogens is 228 g/mol. The van der Waals surface area contributed by atoms with Gasteiger partial charge in [0.05, 0.1) is 6.61 Å². The van der Waals surface area contributed by atoms with E-state index in [0.29, 0.717) is 0 Å². The number of hydrogen-bond acceptors (Lipinski definition) is 5. The Kier molecular flexibility index (Phi) is 4.67. The summed E-state index contributed by atoms with van der Waals surface area (Å²) < 4.78 is 4.61. The monoisotopic (exact) mass is 240 g/mol. The number of H-pyrrole nitrogens is 1. The smallest absolute Gasteiger partial charge is 0.325 e. The second-order valence-electron chi connectivity index (χ2n) is 2.92. The highest BCUT2D eigenvalue weighted by Gasteiger charge is 2.06. The minimum Gasteiger partial charge on any atom is -0.465 e. The van der Waals surface area contributed by atoms with Gasteiger partial charge in [-0.2, -0.15) is 5.10 Å². The molecule has 2 amide bonds. The van der Waals surface area contributed by atoms with E-state index in [-0.39, 0.29) is 24.5 Å². The molecule has 0 aliphatic rings. The van der Waals surface area contributed by atoms with Crippen molar-refractivity contribution in [2.45, 2.75) is 6.92 Å². The fraction of sp³-hybridized carbons (Fsp3) is 0.333. The van der Waals surface area contributed by atoms with Crippen molar-refractivity contribution in [1.29, 1.82) is 0 Å². The minimum atomic E-state index is -0.613. The topological polar surface area (TPSA) is 113 Å². The molecule has 1 aromatic rings. The van der Waals surface area contributed by atoms with Crippen LogP contribution in [0.2, 0.25) is 0 Å². The molecule has 1 rings (SSSR count). The highest BCUT2D eigenvalue weighted by atomic mass is 16.5. The molecule has 0 atom stereocenters. The van der Waals surface area contributed by atoms with Gasteiger partial charge >= 0.3 is 12.0 Å². The summed E-state index contributed by atoms with van der Waals surface area (Å²) in [5.41, 5.74) is -0.373. The third kappa shape index (κ3) is 4.78. The van der Waals surface area contributed by atoms with E-state index in [4.69, 9.17) is 0 Å². The third-order valence-corrected chi connectivity index (χ3v) is 1.62. The third-order valence-electron chi connectivity index (χ3n) is 1.62. The number of anilines is 1. The number of ether oxygens (including phenoxy) is 1. The molecule has 0 bridgehead atoms. The number of amides is 2. The van der Waals surface area contributed by atoms with Crippen LogP contribution < -0.4 is 16.2 Å². The maximum Gasteiger partial charge on any atom is 0.325 e. The second-order valence-corrected chi connectivity index (χ2v) is 2.92. The van der Waals surface area contributed by atoms with Crippen molar-refractivity contribution in [3.63, 3.8) is 0 Å². The van der Waals surface area contributed by atoms with E-state index < -0.39 is 12.0 Å². The second kappa shape index (κ2) is 6.26. The first-order valence-corrected chi connectivity index (χ1v) is 4.88. The number of rotatable bonds is 4. The summed E-state index contributed by atoms with van der Waals surface area (Å²) in [5.74, 6) is -0.358. The summed E-state index contributed by atoms with van der Waals surface area (Å²) in [4.78, 5) is 32.8. The van der Waals surface area contributed by atoms with Crippen molar-refractivity contribution in [2.24, 2.45) is 0 Å². The normalized spacial score (nSPS) is 9.47. The molecule has 0 unspecified atom stereocenters. The van der Waals surface area contributed by atoms with E-state index in [1.165, 1.54) is 12.1 Å². The zero-order valence-electron chi connectivity index (χ0n) is 9.15. The van der Waals surface area contributed by atoms with Crippen LogP contribution in [-0.2, 0) is 9.53 Å². The molecular formula is C9H12N4O4. The summed E-state index contributed by atoms with van der Waals surface area (Å²) in [6, 6.07) is 1.94. The van der Waals surface area contributed by atoms with Gasteiger partial charge in [0, 0.05) is 6.07 Å². The first-order chi connectivity index (χ1) is 8.11. The molecule has 1 aromatic heterocycles. The first-order valence-electron chi connectivity index (χ1n) is 4.88. The Morgan fingerprint density at radius 2 is 2.24 bits per heavy atom. The van der Waals surface area contributed by atoms with Gasteiger partial charge in [-0.05, 0) is 13.0 Å². The van der Waals surface area contributed by atoms with Crippen molar-refractivity contribution in [2.75, 3.05) is 18.5 Å². The minimum absolute atomic E-state index is 0.172. The van der Waals surface area contributed by atoms with Crippen molar-refractivity contribution in [1.82, 2.24) is 15.5 Å². The highest BCUT2D eigenvalue weighted by molar-refractivity contribution is 5.90. The van der Waals surface area contributed by atoms with E-state index >= 15 is 0 Å². The lowest BCUT2D eigenvalue weighted by atomic mass is 10.5. The molecule has 0 aliphatic carbocycles. The molecule has 0 saturated carbocycles. The summed E-state index contributed by atoms with van der Waals surface area (Å²) in [5, 5.41) is 10.3. The Bertz CT molecular complexity index is 436. The number of aromatic nitrogens is 2. The molecule has 0 radical (unpaired) electrons. The van der Waals surface area contributed by atoms with E-state index in [1.807, 2.05) is 0 Å². The van der Waals surface area contributed by atoms with Gasteiger partial charge in [-0.25, -0.2) is 9.89 Å². The van der Waals surface area contributed by atoms with Gasteiger partial charge in [0.2, 0.25) is 0 Å². The molecule has 8 heteroatoms. The quantitative estimate of drug-likeness (QED) is 0.611. The average Bonchev–Trinajstić information content (AvgIpc) is 2.30. The Balaban J connectivity index is 2.37. The molecule has 8 nitrogen and oxygen atoms in total. The van der Waals surface area contributed by atoms with Gasteiger partial charge in [0.1, 0.15) is 6.54 Å². The van der Waals surface area contributed by atoms with Crippen LogP contribution in [0.15, 0.2) is 16.9 Å². The van der Waals surface area contributed by atoms with E-state index in [2.05, 4.69) is 25.6 Å². The van der Waals surface area contributed by atoms with Crippen molar-refractivity contribution in [3.05, 3.63) is 22.5 Å². The number of hydrogen-bond donors (Lipinski definition) is 3. The number of nitrogens with one attached hydrogen (secondary N) is 3. The lowest BCUT2D eigenvalue weighted by molar-refractivity contribution is -0.141. The molecule has 92 valence electrons. The van der Waals surface area contributed by atoms with Crippen molar-refractivity contribution >= 4 is 17.8 Å². The molecule has 0 aromatic carbocycles. The fourth-order valence-electron chi connectivity index (χ4n) is 0.939. The molecule has 0 aliphatic heterocycles. The Morgan fingerprint density at radius 1 is 1.47 bits per heavy atom. The Hall–Kier alpha value is -2.38. The zero-order chi connectivity index (χ0) is 12.7. The zero-order valence-corrected chi connectivity index (χ0v) is 9.15. The maximum absolute atomic E-state index is 11.2. The van der Waals surface area contributed by atoms with Gasteiger partial charge in [0.15, 0.2) is 5.82 Å². The fourth-order valence-corrected chi connectivity index (χ4v) is 0.939. The molecule has 3 N–H and O–H groups in total. The molecule has 0 spiro atoms. The van der Waals surface area contributed by atoms with E-state index in [9.17, 15) is 14.4 Å². The highest BCUT2D eigenvalue weighted by Crippen LogP contribution is 1.94. The van der Waals surface area contributed by atoms with Crippen LogP contribution in [0.4, 0.5) is 10.6 Å². The number of carbonyl (C=O) groups is 2. The van der Waals surface area contributed by atoms with Crippen molar-refractivity contribution in [3.8, 4) is 0 Å². The first kappa shape index (κ1) is 12.7. The number of urea groups is 1. The molecule has 0 saturated heterocycles. The molecule has 0 fully saturated rings. The van der Waals surface area contributed by atoms with E-state index in [0.717, 1.165) is 0 Å². The lowest BCUT2D eigenvalue weighted by Gasteiger charge is -2.05. The summed E-state index contributed by atoms with van der Waals surface area (Å²) in [7, 11) is 0. The van der Waals surface area contributed by atoms with Gasteiger partial charge in [0.25, 0.3) is 5.56 Å². The van der Waals surface area contributed by atoms with Crippen LogP contribution >= 0.6 is 0 Å². The largest absolute Gasteiger partial charge is 0.465 e. The Labute approximate surface area is 96.4 Å². The standard InChI is InChI=1S/C9H12N4O4/c1-2-17-8(15)5-10-9(16)11-6-3-4-7(14)13-12-6/h3-4H,2,5H2,1H3,(H,13,14)(H2,10,11,12,16). The molecule has 17 heavy (non-hydrogen) atoms. The van der Waals surface area contributed by atoms with Crippen LogP contribution in [0.1, 0.15) is 6.92 Å². The van der Waals surface area contributed by atoms with Crippen LogP contribution in [0.25, 0.3) is 0 Å². The Morgan fingerprint density at radius 3 is 2.82 bits per heavy atom. The maximum atomic E-state index is 11.2. The van der Waals surface area contributed by atoms with Crippen molar-refractivity contribution < 1.29 is 14.3 Å². The van der Waals surface area contributed by atoms with E-state index in [1.54, 1.807) is 6.92 Å². The number of nitrogens with zero attached hydrogens (tertiary/aromatic N) is 1.